The van der Waals surface area contributed by atoms with Crippen molar-refractivity contribution in [1.82, 2.24) is 16.2 Å². The van der Waals surface area contributed by atoms with Crippen LogP contribution in [0.4, 0.5) is 4.79 Å². The summed E-state index contributed by atoms with van der Waals surface area (Å²) in [6.45, 7) is 5.92. The van der Waals surface area contributed by atoms with Gasteiger partial charge in [0, 0.05) is 19.0 Å². The average Bonchev–Trinajstić information content (AvgIpc) is 2.14. The first-order valence-corrected chi connectivity index (χ1v) is 5.38. The molecule has 0 aromatic heterocycles. The van der Waals surface area contributed by atoms with Gasteiger partial charge in [-0.1, -0.05) is 0 Å². The lowest BCUT2D eigenvalue weighted by Gasteiger charge is -2.25. The number of hydrazine groups is 1. The van der Waals surface area contributed by atoms with Gasteiger partial charge in [-0.25, -0.2) is 10.2 Å². The van der Waals surface area contributed by atoms with E-state index in [9.17, 15) is 9.59 Å². The number of carbonyl (C=O) groups is 2. The summed E-state index contributed by atoms with van der Waals surface area (Å²) in [5.41, 5.74) is 4.78. The molecular weight excluding hydrogens is 210 g/mol. The molecule has 92 valence electrons. The lowest BCUT2D eigenvalue weighted by molar-refractivity contribution is -0.122. The molecule has 2 amide bonds. The van der Waals surface area contributed by atoms with Crippen molar-refractivity contribution >= 4 is 12.0 Å². The minimum absolute atomic E-state index is 0.0512. The zero-order valence-electron chi connectivity index (χ0n) is 9.92. The summed E-state index contributed by atoms with van der Waals surface area (Å²) in [7, 11) is 0. The van der Waals surface area contributed by atoms with Crippen LogP contribution in [0.3, 0.4) is 0 Å². The molecule has 1 heterocycles. The Morgan fingerprint density at radius 1 is 1.50 bits per heavy atom. The van der Waals surface area contributed by atoms with Crippen LogP contribution in [0.2, 0.25) is 0 Å². The highest BCUT2D eigenvalue weighted by molar-refractivity contribution is 5.76. The van der Waals surface area contributed by atoms with Crippen LogP contribution in [-0.2, 0) is 9.53 Å². The van der Waals surface area contributed by atoms with Crippen molar-refractivity contribution in [3.05, 3.63) is 0 Å². The second-order valence-electron chi connectivity index (χ2n) is 4.81. The van der Waals surface area contributed by atoms with Gasteiger partial charge >= 0.3 is 6.09 Å². The third-order valence-electron chi connectivity index (χ3n) is 2.04. The largest absolute Gasteiger partial charge is 0.443 e. The number of hydrogen-bond acceptors (Lipinski definition) is 4. The van der Waals surface area contributed by atoms with Crippen LogP contribution in [0.5, 0.6) is 0 Å². The molecule has 0 aromatic rings. The summed E-state index contributed by atoms with van der Waals surface area (Å²) in [4.78, 5) is 22.2. The van der Waals surface area contributed by atoms with Gasteiger partial charge in [0.05, 0.1) is 0 Å². The van der Waals surface area contributed by atoms with E-state index < -0.39 is 11.7 Å². The number of hydrogen-bond donors (Lipinski definition) is 3. The molecule has 1 aliphatic rings. The van der Waals surface area contributed by atoms with Crippen LogP contribution < -0.4 is 16.2 Å². The molecule has 0 radical (unpaired) electrons. The van der Waals surface area contributed by atoms with Crippen molar-refractivity contribution < 1.29 is 14.3 Å². The van der Waals surface area contributed by atoms with Crippen LogP contribution in [0.1, 0.15) is 33.6 Å². The van der Waals surface area contributed by atoms with E-state index >= 15 is 0 Å². The Morgan fingerprint density at radius 2 is 2.19 bits per heavy atom. The number of ether oxygens (including phenoxy) is 1. The Balaban J connectivity index is 2.19. The van der Waals surface area contributed by atoms with Gasteiger partial charge in [0.2, 0.25) is 5.91 Å². The van der Waals surface area contributed by atoms with E-state index in [4.69, 9.17) is 4.74 Å². The summed E-state index contributed by atoms with van der Waals surface area (Å²) in [5.74, 6) is 0.0512. The SMILES string of the molecule is CC(C)(C)OC(=O)NNC1CCC(=O)NC1. The zero-order chi connectivity index (χ0) is 12.2. The topological polar surface area (TPSA) is 79.5 Å². The Labute approximate surface area is 95.1 Å². The summed E-state index contributed by atoms with van der Waals surface area (Å²) in [6.07, 6.45) is 0.680. The van der Waals surface area contributed by atoms with E-state index in [1.54, 1.807) is 20.8 Å². The molecule has 1 aliphatic heterocycles. The van der Waals surface area contributed by atoms with Gasteiger partial charge in [0.15, 0.2) is 0 Å². The van der Waals surface area contributed by atoms with Gasteiger partial charge in [-0.2, -0.15) is 0 Å². The number of rotatable bonds is 2. The fraction of sp³-hybridized carbons (Fsp3) is 0.800. The highest BCUT2D eigenvalue weighted by Gasteiger charge is 2.20. The summed E-state index contributed by atoms with van der Waals surface area (Å²) in [6, 6.07) is 0.0604. The van der Waals surface area contributed by atoms with E-state index in [0.717, 1.165) is 0 Å². The Morgan fingerprint density at radius 3 is 2.69 bits per heavy atom. The Kier molecular flexibility index (Phi) is 4.12. The minimum Gasteiger partial charge on any atom is -0.443 e. The smallest absolute Gasteiger partial charge is 0.422 e. The zero-order valence-corrected chi connectivity index (χ0v) is 9.92. The number of carbonyl (C=O) groups excluding carboxylic acids is 2. The predicted molar refractivity (Wildman–Crippen MR) is 58.5 cm³/mol. The maximum Gasteiger partial charge on any atom is 0.422 e. The molecule has 1 atom stereocenters. The molecule has 6 heteroatoms. The average molecular weight is 229 g/mol. The minimum atomic E-state index is -0.510. The van der Waals surface area contributed by atoms with Crippen LogP contribution >= 0.6 is 0 Å². The third kappa shape index (κ3) is 4.97. The molecule has 1 saturated heterocycles. The number of amides is 2. The standard InChI is InChI=1S/C10H19N3O3/c1-10(2,3)16-9(15)13-12-7-4-5-8(14)11-6-7/h7,12H,4-6H2,1-3H3,(H,11,14)(H,13,15). The summed E-state index contributed by atoms with van der Waals surface area (Å²) >= 11 is 0. The lowest BCUT2D eigenvalue weighted by atomic mass is 10.1. The predicted octanol–water partition coefficient (Wildman–Crippen LogP) is 0.294. The maximum absolute atomic E-state index is 11.3. The molecule has 1 unspecified atom stereocenters. The fourth-order valence-electron chi connectivity index (χ4n) is 1.32. The first-order valence-electron chi connectivity index (χ1n) is 5.38. The fourth-order valence-corrected chi connectivity index (χ4v) is 1.32. The van der Waals surface area contributed by atoms with E-state index in [1.165, 1.54) is 0 Å². The summed E-state index contributed by atoms with van der Waals surface area (Å²) < 4.78 is 5.05. The first-order chi connectivity index (χ1) is 7.37. The maximum atomic E-state index is 11.3. The normalized spacial score (nSPS) is 21.2. The molecule has 0 bridgehead atoms. The molecule has 0 aromatic carbocycles. The van der Waals surface area contributed by atoms with Gasteiger partial charge in [0.1, 0.15) is 5.60 Å². The second kappa shape index (κ2) is 5.16. The molecule has 16 heavy (non-hydrogen) atoms. The molecule has 6 nitrogen and oxygen atoms in total. The van der Waals surface area contributed by atoms with Crippen LogP contribution in [0.25, 0.3) is 0 Å². The van der Waals surface area contributed by atoms with Crippen molar-refractivity contribution in [2.75, 3.05) is 6.54 Å². The number of nitrogens with one attached hydrogen (secondary N) is 3. The van der Waals surface area contributed by atoms with Gasteiger partial charge < -0.3 is 10.1 Å². The van der Waals surface area contributed by atoms with Gasteiger partial charge in [-0.15, -0.1) is 0 Å². The molecule has 1 fully saturated rings. The van der Waals surface area contributed by atoms with Gasteiger partial charge in [0.25, 0.3) is 0 Å². The van der Waals surface area contributed by atoms with E-state index in [-0.39, 0.29) is 11.9 Å². The molecule has 0 saturated carbocycles. The molecule has 0 aliphatic carbocycles. The van der Waals surface area contributed by atoms with E-state index in [2.05, 4.69) is 16.2 Å². The first kappa shape index (κ1) is 12.8. The highest BCUT2D eigenvalue weighted by Crippen LogP contribution is 2.06. The van der Waals surface area contributed by atoms with Gasteiger partial charge in [-0.3, -0.25) is 10.2 Å². The van der Waals surface area contributed by atoms with Gasteiger partial charge in [-0.05, 0) is 27.2 Å². The summed E-state index contributed by atoms with van der Waals surface area (Å²) in [5, 5.41) is 2.71. The highest BCUT2D eigenvalue weighted by atomic mass is 16.6. The third-order valence-corrected chi connectivity index (χ3v) is 2.04. The molecular formula is C10H19N3O3. The Hall–Kier alpha value is -1.30. The van der Waals surface area contributed by atoms with Crippen molar-refractivity contribution in [3.63, 3.8) is 0 Å². The monoisotopic (exact) mass is 229 g/mol. The van der Waals surface area contributed by atoms with Crippen molar-refractivity contribution in [2.45, 2.75) is 45.3 Å². The Bertz CT molecular complexity index is 263. The van der Waals surface area contributed by atoms with Crippen LogP contribution in [0.15, 0.2) is 0 Å². The number of piperidine rings is 1. The van der Waals surface area contributed by atoms with Crippen LogP contribution in [-0.4, -0.2) is 30.2 Å². The molecule has 1 rings (SSSR count). The quantitative estimate of drug-likeness (QED) is 0.595. The molecule has 3 N–H and O–H groups in total. The van der Waals surface area contributed by atoms with Crippen molar-refractivity contribution in [2.24, 2.45) is 0 Å². The van der Waals surface area contributed by atoms with E-state index in [0.29, 0.717) is 19.4 Å². The second-order valence-corrected chi connectivity index (χ2v) is 4.81. The van der Waals surface area contributed by atoms with Crippen molar-refractivity contribution in [1.29, 1.82) is 0 Å². The van der Waals surface area contributed by atoms with Crippen molar-refractivity contribution in [3.8, 4) is 0 Å². The lowest BCUT2D eigenvalue weighted by Crippen LogP contribution is -2.53. The molecule has 0 spiro atoms. The van der Waals surface area contributed by atoms with Crippen LogP contribution in [0, 0.1) is 0 Å². The van der Waals surface area contributed by atoms with E-state index in [1.807, 2.05) is 0 Å².